The Morgan fingerprint density at radius 1 is 1.27 bits per heavy atom. The zero-order valence-corrected chi connectivity index (χ0v) is 12.6. The van der Waals surface area contributed by atoms with Crippen LogP contribution in [0.2, 0.25) is 0 Å². The molecule has 0 aliphatic rings. The first-order valence-electron chi connectivity index (χ1n) is 5.86. The molecule has 2 aromatic rings. The number of hydrogen-bond donors (Lipinski definition) is 1. The van der Waals surface area contributed by atoms with Crippen molar-refractivity contribution >= 4 is 38.4 Å². The molecule has 0 saturated carbocycles. The Labute approximate surface area is 130 Å². The second-order valence-electron chi connectivity index (χ2n) is 4.25. The summed E-state index contributed by atoms with van der Waals surface area (Å²) in [4.78, 5) is 15.6. The highest BCUT2D eigenvalue weighted by Crippen LogP contribution is 2.36. The molecule has 2 rings (SSSR count). The number of nitrogens with zero attached hydrogens (tertiary/aromatic N) is 1. The number of pyridine rings is 1. The fourth-order valence-corrected chi connectivity index (χ4v) is 2.23. The molecule has 1 heterocycles. The van der Waals surface area contributed by atoms with Crippen molar-refractivity contribution in [1.29, 1.82) is 0 Å². The lowest BCUT2D eigenvalue weighted by molar-refractivity contribution is -0.305. The molecule has 0 spiro atoms. The van der Waals surface area contributed by atoms with E-state index in [4.69, 9.17) is 0 Å². The first-order valence-corrected chi connectivity index (χ1v) is 6.65. The van der Waals surface area contributed by atoms with Crippen molar-refractivity contribution in [3.8, 4) is 0 Å². The Bertz CT molecular complexity index is 723. The molecule has 0 aliphatic heterocycles. The fraction of sp³-hybridized carbons (Fsp3) is 0.231. The van der Waals surface area contributed by atoms with Gasteiger partial charge in [0.1, 0.15) is 0 Å². The quantitative estimate of drug-likeness (QED) is 0.823. The average Bonchev–Trinajstić information content (AvgIpc) is 2.48. The molecule has 22 heavy (non-hydrogen) atoms. The maximum absolute atomic E-state index is 13.8. The minimum Gasteiger partial charge on any atom is -0.335 e. The van der Waals surface area contributed by atoms with Crippen LogP contribution >= 0.6 is 15.9 Å². The van der Waals surface area contributed by atoms with Crippen molar-refractivity contribution < 1.29 is 27.1 Å². The summed E-state index contributed by atoms with van der Waals surface area (Å²) in [7, 11) is 0.463. The van der Waals surface area contributed by atoms with Gasteiger partial charge >= 0.3 is 12.0 Å². The number of alkyl halides is 4. The Kier molecular flexibility index (Phi) is 4.39. The Hall–Kier alpha value is -1.74. The average molecular weight is 381 g/mol. The molecule has 0 saturated heterocycles. The standard InChI is InChI=1S/C13H9BrF4N2O2/c1-22-12(15,13(16,17)18)11(21)20-9-5-4-8(14)7-3-2-6-19-10(7)9/h2-6H,1H3,(H,20,21)/t12-/m0/s1. The maximum atomic E-state index is 13.8. The number of amides is 1. The first-order chi connectivity index (χ1) is 10.2. The summed E-state index contributed by atoms with van der Waals surface area (Å²) in [6, 6.07) is 6.07. The number of benzene rings is 1. The normalized spacial score (nSPS) is 14.6. The lowest BCUT2D eigenvalue weighted by Crippen LogP contribution is -2.52. The van der Waals surface area contributed by atoms with Crippen LogP contribution in [0.5, 0.6) is 0 Å². The van der Waals surface area contributed by atoms with Crippen LogP contribution in [0.3, 0.4) is 0 Å². The molecule has 9 heteroatoms. The van der Waals surface area contributed by atoms with Crippen LogP contribution < -0.4 is 5.32 Å². The summed E-state index contributed by atoms with van der Waals surface area (Å²) < 4.78 is 56.1. The molecule has 0 bridgehead atoms. The van der Waals surface area contributed by atoms with Gasteiger partial charge in [-0.2, -0.15) is 17.6 Å². The zero-order chi connectivity index (χ0) is 16.5. The van der Waals surface area contributed by atoms with Gasteiger partial charge in [0.15, 0.2) is 0 Å². The van der Waals surface area contributed by atoms with E-state index in [0.717, 1.165) is 0 Å². The van der Waals surface area contributed by atoms with Crippen LogP contribution in [0, 0.1) is 0 Å². The van der Waals surface area contributed by atoms with Gasteiger partial charge in [0.25, 0.3) is 5.91 Å². The highest BCUT2D eigenvalue weighted by atomic mass is 79.9. The monoisotopic (exact) mass is 380 g/mol. The van der Waals surface area contributed by atoms with Crippen LogP contribution in [0.15, 0.2) is 34.9 Å². The van der Waals surface area contributed by atoms with E-state index >= 15 is 0 Å². The van der Waals surface area contributed by atoms with Crippen molar-refractivity contribution in [3.05, 3.63) is 34.9 Å². The number of fused-ring (bicyclic) bond motifs is 1. The molecule has 1 atom stereocenters. The molecule has 1 amide bonds. The van der Waals surface area contributed by atoms with Crippen LogP contribution in [0.1, 0.15) is 0 Å². The van der Waals surface area contributed by atoms with Crippen LogP contribution in [0.25, 0.3) is 10.9 Å². The first kappa shape index (κ1) is 16.6. The number of anilines is 1. The maximum Gasteiger partial charge on any atom is 0.458 e. The van der Waals surface area contributed by atoms with Gasteiger partial charge in [-0.05, 0) is 18.2 Å². The summed E-state index contributed by atoms with van der Waals surface area (Å²) in [5.41, 5.74) is 0.151. The molecule has 1 aromatic carbocycles. The van der Waals surface area contributed by atoms with Crippen molar-refractivity contribution in [2.24, 2.45) is 0 Å². The van der Waals surface area contributed by atoms with E-state index in [1.807, 2.05) is 5.32 Å². The number of ether oxygens (including phenoxy) is 1. The second-order valence-corrected chi connectivity index (χ2v) is 5.10. The Morgan fingerprint density at radius 3 is 2.55 bits per heavy atom. The number of methoxy groups -OCH3 is 1. The van der Waals surface area contributed by atoms with Gasteiger partial charge in [0.05, 0.1) is 11.2 Å². The summed E-state index contributed by atoms with van der Waals surface area (Å²) in [6.07, 6.45) is -4.11. The van der Waals surface area contributed by atoms with Gasteiger partial charge in [-0.3, -0.25) is 9.78 Å². The predicted octanol–water partition coefficient (Wildman–Crippen LogP) is 3.81. The number of rotatable bonds is 3. The molecule has 118 valence electrons. The molecular weight excluding hydrogens is 372 g/mol. The van der Waals surface area contributed by atoms with Gasteiger partial charge in [0.2, 0.25) is 0 Å². The number of carbonyl (C=O) groups is 1. The number of hydrogen-bond acceptors (Lipinski definition) is 3. The van der Waals surface area contributed by atoms with E-state index in [0.29, 0.717) is 17.0 Å². The lowest BCUT2D eigenvalue weighted by Gasteiger charge is -2.25. The number of aromatic nitrogens is 1. The van der Waals surface area contributed by atoms with Crippen molar-refractivity contribution in [3.63, 3.8) is 0 Å². The zero-order valence-electron chi connectivity index (χ0n) is 11.0. The summed E-state index contributed by atoms with van der Waals surface area (Å²) in [6.45, 7) is 0. The number of carbonyl (C=O) groups excluding carboxylic acids is 1. The molecule has 0 aliphatic carbocycles. The van der Waals surface area contributed by atoms with Crippen LogP contribution in [-0.2, 0) is 9.53 Å². The highest BCUT2D eigenvalue weighted by molar-refractivity contribution is 9.10. The van der Waals surface area contributed by atoms with Crippen LogP contribution in [0.4, 0.5) is 23.2 Å². The molecule has 0 radical (unpaired) electrons. The van der Waals surface area contributed by atoms with Gasteiger partial charge in [-0.25, -0.2) is 0 Å². The number of halogens is 5. The number of nitrogens with one attached hydrogen (secondary N) is 1. The minimum atomic E-state index is -5.51. The smallest absolute Gasteiger partial charge is 0.335 e. The van der Waals surface area contributed by atoms with E-state index < -0.39 is 17.9 Å². The fourth-order valence-electron chi connectivity index (χ4n) is 1.78. The summed E-state index contributed by atoms with van der Waals surface area (Å²) in [5.74, 6) is -6.42. The van der Waals surface area contributed by atoms with E-state index in [2.05, 4.69) is 25.7 Å². The SMILES string of the molecule is CO[C@@](F)(C(=O)Nc1ccc(Br)c2cccnc12)C(F)(F)F. The van der Waals surface area contributed by atoms with E-state index in [1.165, 1.54) is 18.3 Å². The predicted molar refractivity (Wildman–Crippen MR) is 75.0 cm³/mol. The van der Waals surface area contributed by atoms with Crippen LogP contribution in [-0.4, -0.2) is 30.0 Å². The topological polar surface area (TPSA) is 51.2 Å². The lowest BCUT2D eigenvalue weighted by atomic mass is 10.2. The molecule has 0 unspecified atom stereocenters. The van der Waals surface area contributed by atoms with Gasteiger partial charge in [-0.15, -0.1) is 0 Å². The summed E-state index contributed by atoms with van der Waals surface area (Å²) in [5, 5.41) is 2.42. The third-order valence-corrected chi connectivity index (χ3v) is 3.59. The molecule has 4 nitrogen and oxygen atoms in total. The molecule has 0 fully saturated rings. The Morgan fingerprint density at radius 2 is 1.95 bits per heavy atom. The molecule has 1 N–H and O–H groups in total. The van der Waals surface area contributed by atoms with Gasteiger partial charge in [-0.1, -0.05) is 22.0 Å². The van der Waals surface area contributed by atoms with Crippen molar-refractivity contribution in [1.82, 2.24) is 4.98 Å². The third kappa shape index (κ3) is 2.78. The minimum absolute atomic E-state index is 0.0628. The van der Waals surface area contributed by atoms with E-state index in [-0.39, 0.29) is 11.2 Å². The van der Waals surface area contributed by atoms with Gasteiger partial charge in [0, 0.05) is 23.2 Å². The largest absolute Gasteiger partial charge is 0.458 e. The summed E-state index contributed by atoms with van der Waals surface area (Å²) >= 11 is 3.25. The van der Waals surface area contributed by atoms with Crippen molar-refractivity contribution in [2.45, 2.75) is 12.0 Å². The third-order valence-electron chi connectivity index (χ3n) is 2.90. The molecular formula is C13H9BrF4N2O2. The van der Waals surface area contributed by atoms with Gasteiger partial charge < -0.3 is 10.1 Å². The van der Waals surface area contributed by atoms with E-state index in [1.54, 1.807) is 12.1 Å². The second kappa shape index (κ2) is 5.81. The van der Waals surface area contributed by atoms with E-state index in [9.17, 15) is 22.4 Å². The molecule has 1 aromatic heterocycles. The Balaban J connectivity index is 2.43. The van der Waals surface area contributed by atoms with Crippen molar-refractivity contribution in [2.75, 3.05) is 12.4 Å². The highest BCUT2D eigenvalue weighted by Gasteiger charge is 2.63.